The van der Waals surface area contributed by atoms with Gasteiger partial charge in [0.15, 0.2) is 0 Å². The third-order valence-electron chi connectivity index (χ3n) is 2.05. The molecule has 1 unspecified atom stereocenters. The van der Waals surface area contributed by atoms with E-state index in [1.807, 2.05) is 0 Å². The number of phenols is 1. The molecule has 0 aliphatic heterocycles. The second kappa shape index (κ2) is 6.17. The van der Waals surface area contributed by atoms with Crippen LogP contribution >= 0.6 is 0 Å². The quantitative estimate of drug-likeness (QED) is 0.693. The van der Waals surface area contributed by atoms with Crippen molar-refractivity contribution < 1.29 is 24.1 Å². The van der Waals surface area contributed by atoms with E-state index in [0.29, 0.717) is 0 Å². The fourth-order valence-corrected chi connectivity index (χ4v) is 1.25. The molecule has 17 heavy (non-hydrogen) atoms. The van der Waals surface area contributed by atoms with Crippen molar-refractivity contribution in [1.29, 1.82) is 0 Å². The number of carbonyl (C=O) groups excluding carboxylic acids is 1. The molecule has 0 saturated carbocycles. The van der Waals surface area contributed by atoms with E-state index < -0.39 is 17.8 Å². The van der Waals surface area contributed by atoms with Crippen molar-refractivity contribution in [3.8, 4) is 5.75 Å². The third-order valence-corrected chi connectivity index (χ3v) is 2.05. The number of aliphatic hydroxyl groups excluding tert-OH is 1. The van der Waals surface area contributed by atoms with Crippen LogP contribution in [0.25, 0.3) is 0 Å². The summed E-state index contributed by atoms with van der Waals surface area (Å²) in [5.41, 5.74) is -0.188. The van der Waals surface area contributed by atoms with E-state index in [9.17, 15) is 14.3 Å². The molecular weight excluding hydrogens is 229 g/mol. The van der Waals surface area contributed by atoms with E-state index in [1.165, 1.54) is 19.2 Å². The zero-order chi connectivity index (χ0) is 12.8. The van der Waals surface area contributed by atoms with Gasteiger partial charge >= 0.3 is 0 Å². The van der Waals surface area contributed by atoms with Gasteiger partial charge in [0, 0.05) is 19.7 Å². The number of phenolic OH excluding ortho intramolecular Hbond substituents is 1. The van der Waals surface area contributed by atoms with Gasteiger partial charge in [-0.05, 0) is 12.1 Å². The lowest BCUT2D eigenvalue weighted by molar-refractivity contribution is 0.0609. The Labute approximate surface area is 97.8 Å². The number of hydrogen-bond acceptors (Lipinski definition) is 4. The Bertz CT molecular complexity index is 397. The van der Waals surface area contributed by atoms with Crippen LogP contribution in [0.3, 0.4) is 0 Å². The van der Waals surface area contributed by atoms with Gasteiger partial charge < -0.3 is 20.3 Å². The van der Waals surface area contributed by atoms with Crippen molar-refractivity contribution in [3.63, 3.8) is 0 Å². The van der Waals surface area contributed by atoms with Crippen molar-refractivity contribution in [3.05, 3.63) is 29.6 Å². The normalized spacial score (nSPS) is 12.2. The molecule has 1 atom stereocenters. The van der Waals surface area contributed by atoms with Crippen LogP contribution in [0.2, 0.25) is 0 Å². The number of amides is 1. The van der Waals surface area contributed by atoms with E-state index in [0.717, 1.165) is 6.07 Å². The average molecular weight is 243 g/mol. The monoisotopic (exact) mass is 243 g/mol. The van der Waals surface area contributed by atoms with Crippen LogP contribution in [-0.4, -0.2) is 42.5 Å². The number of ether oxygens (including phenoxy) is 1. The Morgan fingerprint density at radius 1 is 1.59 bits per heavy atom. The number of aliphatic hydroxyl groups is 1. The van der Waals surface area contributed by atoms with Crippen molar-refractivity contribution in [2.45, 2.75) is 6.10 Å². The Kier molecular flexibility index (Phi) is 4.86. The molecule has 6 heteroatoms. The largest absolute Gasteiger partial charge is 0.508 e. The molecule has 94 valence electrons. The van der Waals surface area contributed by atoms with Gasteiger partial charge in [0.1, 0.15) is 11.6 Å². The van der Waals surface area contributed by atoms with E-state index in [-0.39, 0.29) is 24.5 Å². The van der Waals surface area contributed by atoms with E-state index in [1.54, 1.807) is 0 Å². The predicted molar refractivity (Wildman–Crippen MR) is 58.3 cm³/mol. The summed E-state index contributed by atoms with van der Waals surface area (Å²) >= 11 is 0. The number of methoxy groups -OCH3 is 1. The number of rotatable bonds is 5. The second-order valence-corrected chi connectivity index (χ2v) is 3.48. The van der Waals surface area contributed by atoms with Gasteiger partial charge in [0.05, 0.1) is 18.3 Å². The fraction of sp³-hybridized carbons (Fsp3) is 0.364. The summed E-state index contributed by atoms with van der Waals surface area (Å²) in [6.45, 7) is 0.0470. The summed E-state index contributed by atoms with van der Waals surface area (Å²) < 4.78 is 17.9. The first-order chi connectivity index (χ1) is 8.04. The van der Waals surface area contributed by atoms with Crippen molar-refractivity contribution in [2.75, 3.05) is 20.3 Å². The summed E-state index contributed by atoms with van der Waals surface area (Å²) in [5.74, 6) is -1.72. The summed E-state index contributed by atoms with van der Waals surface area (Å²) in [5, 5.41) is 20.6. The molecule has 0 heterocycles. The molecule has 0 spiro atoms. The number of aromatic hydroxyl groups is 1. The highest BCUT2D eigenvalue weighted by Gasteiger charge is 2.13. The predicted octanol–water partition coefficient (Wildman–Crippen LogP) is 0.268. The average Bonchev–Trinajstić information content (AvgIpc) is 2.26. The van der Waals surface area contributed by atoms with Crippen molar-refractivity contribution >= 4 is 5.91 Å². The minimum absolute atomic E-state index is 0.0347. The molecule has 1 rings (SSSR count). The zero-order valence-electron chi connectivity index (χ0n) is 9.31. The van der Waals surface area contributed by atoms with Gasteiger partial charge in [0.2, 0.25) is 0 Å². The summed E-state index contributed by atoms with van der Waals surface area (Å²) in [7, 11) is 1.42. The Morgan fingerprint density at radius 3 is 2.88 bits per heavy atom. The molecule has 0 bridgehead atoms. The lowest BCUT2D eigenvalue weighted by Crippen LogP contribution is -2.34. The molecule has 0 radical (unpaired) electrons. The van der Waals surface area contributed by atoms with E-state index >= 15 is 0 Å². The molecule has 0 aliphatic rings. The smallest absolute Gasteiger partial charge is 0.254 e. The summed E-state index contributed by atoms with van der Waals surface area (Å²) in [6, 6.07) is 3.23. The van der Waals surface area contributed by atoms with Crippen LogP contribution < -0.4 is 5.32 Å². The lowest BCUT2D eigenvalue weighted by atomic mass is 10.2. The first kappa shape index (κ1) is 13.4. The van der Waals surface area contributed by atoms with Crippen LogP contribution in [0.4, 0.5) is 4.39 Å². The van der Waals surface area contributed by atoms with Crippen LogP contribution in [0.5, 0.6) is 5.75 Å². The summed E-state index contributed by atoms with van der Waals surface area (Å²) in [4.78, 5) is 11.5. The van der Waals surface area contributed by atoms with Crippen LogP contribution in [0.1, 0.15) is 10.4 Å². The highest BCUT2D eigenvalue weighted by atomic mass is 19.1. The second-order valence-electron chi connectivity index (χ2n) is 3.48. The van der Waals surface area contributed by atoms with Gasteiger partial charge in [-0.2, -0.15) is 0 Å². The van der Waals surface area contributed by atoms with Crippen LogP contribution in [0, 0.1) is 5.82 Å². The van der Waals surface area contributed by atoms with E-state index in [2.05, 4.69) is 10.1 Å². The maximum atomic E-state index is 13.3. The standard InChI is InChI=1S/C11H14FNO4/c1-17-6-8(15)5-13-11(16)9-3-2-7(14)4-10(9)12/h2-4,8,14-15H,5-6H2,1H3,(H,13,16). The van der Waals surface area contributed by atoms with E-state index in [4.69, 9.17) is 5.11 Å². The highest BCUT2D eigenvalue weighted by molar-refractivity contribution is 5.94. The number of nitrogens with one attached hydrogen (secondary N) is 1. The molecule has 1 aromatic rings. The Morgan fingerprint density at radius 2 is 2.29 bits per heavy atom. The first-order valence-corrected chi connectivity index (χ1v) is 4.98. The van der Waals surface area contributed by atoms with Crippen molar-refractivity contribution in [1.82, 2.24) is 5.32 Å². The van der Waals surface area contributed by atoms with Crippen LogP contribution in [0.15, 0.2) is 18.2 Å². The van der Waals surface area contributed by atoms with Gasteiger partial charge in [-0.25, -0.2) is 4.39 Å². The topological polar surface area (TPSA) is 78.8 Å². The molecule has 0 fully saturated rings. The SMILES string of the molecule is COCC(O)CNC(=O)c1ccc(O)cc1F. The Hall–Kier alpha value is -1.66. The zero-order valence-corrected chi connectivity index (χ0v) is 9.31. The molecule has 1 amide bonds. The molecular formula is C11H14FNO4. The molecule has 5 nitrogen and oxygen atoms in total. The first-order valence-electron chi connectivity index (χ1n) is 4.98. The van der Waals surface area contributed by atoms with Gasteiger partial charge in [0.25, 0.3) is 5.91 Å². The lowest BCUT2D eigenvalue weighted by Gasteiger charge is -2.11. The number of benzene rings is 1. The number of hydrogen-bond donors (Lipinski definition) is 3. The number of carbonyl (C=O) groups is 1. The van der Waals surface area contributed by atoms with Gasteiger partial charge in [-0.15, -0.1) is 0 Å². The highest BCUT2D eigenvalue weighted by Crippen LogP contribution is 2.14. The third kappa shape index (κ3) is 4.01. The minimum Gasteiger partial charge on any atom is -0.508 e. The number of halogens is 1. The van der Waals surface area contributed by atoms with Crippen molar-refractivity contribution in [2.24, 2.45) is 0 Å². The van der Waals surface area contributed by atoms with Gasteiger partial charge in [-0.1, -0.05) is 0 Å². The molecule has 0 aliphatic carbocycles. The molecule has 3 N–H and O–H groups in total. The fourth-order valence-electron chi connectivity index (χ4n) is 1.25. The molecule has 0 aromatic heterocycles. The maximum Gasteiger partial charge on any atom is 0.254 e. The molecule has 0 saturated heterocycles. The van der Waals surface area contributed by atoms with Gasteiger partial charge in [-0.3, -0.25) is 4.79 Å². The summed E-state index contributed by atoms with van der Waals surface area (Å²) in [6.07, 6.45) is -0.843. The Balaban J connectivity index is 2.58. The van der Waals surface area contributed by atoms with Crippen LogP contribution in [-0.2, 0) is 4.74 Å². The maximum absolute atomic E-state index is 13.3. The minimum atomic E-state index is -0.843. The molecule has 1 aromatic carbocycles.